The number of ether oxygens (including phenoxy) is 1. The molecule has 2 aromatic carbocycles. The third-order valence-corrected chi connectivity index (χ3v) is 13.6. The molecule has 1 unspecified atom stereocenters. The Bertz CT molecular complexity index is 1530. The van der Waals surface area contributed by atoms with Gasteiger partial charge >= 0.3 is 0 Å². The van der Waals surface area contributed by atoms with Crippen molar-refractivity contribution in [2.45, 2.75) is 57.2 Å². The Morgan fingerprint density at radius 2 is 1.73 bits per heavy atom. The molecule has 0 spiro atoms. The molecule has 2 aromatic heterocycles. The van der Waals surface area contributed by atoms with Gasteiger partial charge in [-0.25, -0.2) is 4.98 Å². The summed E-state index contributed by atoms with van der Waals surface area (Å²) < 4.78 is 15.1. The number of rotatable bonds is 10. The molecule has 1 aliphatic carbocycles. The highest BCUT2D eigenvalue weighted by Crippen LogP contribution is 2.47. The number of aliphatic hydroxyl groups excluding tert-OH is 1. The van der Waals surface area contributed by atoms with Crippen molar-refractivity contribution in [3.8, 4) is 0 Å². The molecule has 2 aliphatic rings. The molecule has 0 radical (unpaired) electrons. The highest BCUT2D eigenvalue weighted by atomic mass is 28.4. The summed E-state index contributed by atoms with van der Waals surface area (Å²) in [7, 11) is -2.81. The first kappa shape index (κ1) is 27.7. The third-order valence-electron chi connectivity index (χ3n) is 8.64. The molecule has 2 fully saturated rings. The van der Waals surface area contributed by atoms with Crippen LogP contribution in [0.1, 0.15) is 62.5 Å². The van der Waals surface area contributed by atoms with Gasteiger partial charge in [-0.3, -0.25) is 0 Å². The molecule has 1 aliphatic heterocycles. The second-order valence-corrected chi connectivity index (χ2v) is 16.9. The number of aromatic nitrogens is 2. The van der Waals surface area contributed by atoms with E-state index in [2.05, 4.69) is 91.6 Å². The summed E-state index contributed by atoms with van der Waals surface area (Å²) in [6.07, 6.45) is 5.44. The van der Waals surface area contributed by atoms with Gasteiger partial charge in [0.25, 0.3) is 8.32 Å². The summed E-state index contributed by atoms with van der Waals surface area (Å²) in [5.74, 6) is 0.496. The van der Waals surface area contributed by atoms with Gasteiger partial charge in [0.05, 0.1) is 37.0 Å². The SMILES string of the molecule is CC(C)(C)[Si](OCC1(C(O)c2cc(C3CC3)cn3cc(CN=[N+]=[N-])nc23)COC1)(c1ccccc1)c1ccccc1. The molecule has 41 heavy (non-hydrogen) atoms. The smallest absolute Gasteiger partial charge is 0.261 e. The first-order chi connectivity index (χ1) is 19.8. The van der Waals surface area contributed by atoms with Gasteiger partial charge in [0.1, 0.15) is 5.65 Å². The standard InChI is InChI=1S/C32H37N5O3Si/c1-31(2,3)41(26-10-6-4-7-11-26,27-12-8-5-9-13-27)40-22-32(20-39-21-32)29(38)28-16-24(23-14-15-23)18-37-19-25(17-34-36-33)35-30(28)37/h4-13,16,18-19,23,29,38H,14-15,17,20-22H2,1-3H3. The number of azide groups is 1. The average Bonchev–Trinajstić information content (AvgIpc) is 3.72. The summed E-state index contributed by atoms with van der Waals surface area (Å²) in [6.45, 7) is 8.11. The summed E-state index contributed by atoms with van der Waals surface area (Å²) in [5.41, 5.74) is 11.5. The number of hydrogen-bond acceptors (Lipinski definition) is 5. The van der Waals surface area contributed by atoms with Crippen LogP contribution in [0.5, 0.6) is 0 Å². The molecule has 0 bridgehead atoms. The van der Waals surface area contributed by atoms with Crippen molar-refractivity contribution >= 4 is 24.3 Å². The summed E-state index contributed by atoms with van der Waals surface area (Å²) >= 11 is 0. The van der Waals surface area contributed by atoms with Gasteiger partial charge in [-0.05, 0) is 51.3 Å². The Kier molecular flexibility index (Phi) is 7.26. The molecule has 1 N–H and O–H groups in total. The number of fused-ring (bicyclic) bond motifs is 1. The lowest BCUT2D eigenvalue weighted by Gasteiger charge is -2.49. The van der Waals surface area contributed by atoms with Crippen LogP contribution in [0.2, 0.25) is 5.04 Å². The maximum absolute atomic E-state index is 12.2. The zero-order valence-electron chi connectivity index (χ0n) is 23.9. The van der Waals surface area contributed by atoms with Gasteiger partial charge in [-0.1, -0.05) is 86.5 Å². The lowest BCUT2D eigenvalue weighted by Crippen LogP contribution is -2.68. The lowest BCUT2D eigenvalue weighted by atomic mass is 9.77. The van der Waals surface area contributed by atoms with Crippen molar-refractivity contribution in [2.75, 3.05) is 19.8 Å². The molecule has 4 aromatic rings. The second-order valence-electron chi connectivity index (χ2n) is 12.6. The van der Waals surface area contributed by atoms with Crippen LogP contribution in [0, 0.1) is 5.41 Å². The van der Waals surface area contributed by atoms with E-state index < -0.39 is 19.8 Å². The molecule has 0 amide bonds. The fourth-order valence-electron chi connectivity index (χ4n) is 6.25. The maximum atomic E-state index is 12.2. The topological polar surface area (TPSA) is 105 Å². The molecule has 3 heterocycles. The number of pyridine rings is 1. The van der Waals surface area contributed by atoms with Crippen LogP contribution in [-0.2, 0) is 15.7 Å². The average molecular weight is 568 g/mol. The minimum absolute atomic E-state index is 0.164. The van der Waals surface area contributed by atoms with E-state index >= 15 is 0 Å². The summed E-state index contributed by atoms with van der Waals surface area (Å²) in [5, 5.41) is 18.1. The van der Waals surface area contributed by atoms with Gasteiger partial charge < -0.3 is 18.7 Å². The first-order valence-electron chi connectivity index (χ1n) is 14.3. The van der Waals surface area contributed by atoms with Gasteiger partial charge in [0.15, 0.2) is 0 Å². The van der Waals surface area contributed by atoms with E-state index in [4.69, 9.17) is 19.7 Å². The number of hydrogen-bond donors (Lipinski definition) is 1. The van der Waals surface area contributed by atoms with Gasteiger partial charge in [-0.15, -0.1) is 0 Å². The van der Waals surface area contributed by atoms with E-state index in [1.54, 1.807) is 0 Å². The highest BCUT2D eigenvalue weighted by Gasteiger charge is 2.54. The van der Waals surface area contributed by atoms with Crippen LogP contribution in [0.25, 0.3) is 16.1 Å². The Morgan fingerprint density at radius 1 is 1.10 bits per heavy atom. The van der Waals surface area contributed by atoms with Crippen molar-refractivity contribution in [3.63, 3.8) is 0 Å². The quantitative estimate of drug-likeness (QED) is 0.116. The Balaban J connectivity index is 1.41. The van der Waals surface area contributed by atoms with Crippen LogP contribution < -0.4 is 10.4 Å². The van der Waals surface area contributed by atoms with Crippen molar-refractivity contribution in [2.24, 2.45) is 10.5 Å². The molecular formula is C32H37N5O3Si. The van der Waals surface area contributed by atoms with Crippen LogP contribution in [0.15, 0.2) is 84.2 Å². The van der Waals surface area contributed by atoms with Crippen LogP contribution in [-0.4, -0.2) is 42.6 Å². The van der Waals surface area contributed by atoms with E-state index in [0.717, 1.165) is 18.4 Å². The van der Waals surface area contributed by atoms with E-state index in [9.17, 15) is 5.11 Å². The number of nitrogens with zero attached hydrogens (tertiary/aromatic N) is 5. The largest absolute Gasteiger partial charge is 0.407 e. The fourth-order valence-corrected chi connectivity index (χ4v) is 10.9. The van der Waals surface area contributed by atoms with E-state index in [0.29, 0.717) is 37.1 Å². The number of imidazole rings is 1. The predicted octanol–water partition coefficient (Wildman–Crippen LogP) is 5.65. The first-order valence-corrected chi connectivity index (χ1v) is 16.2. The van der Waals surface area contributed by atoms with Crippen molar-refractivity contribution in [1.29, 1.82) is 0 Å². The van der Waals surface area contributed by atoms with Crippen molar-refractivity contribution < 1.29 is 14.3 Å². The second kappa shape index (κ2) is 10.7. The Hall–Kier alpha value is -3.46. The minimum Gasteiger partial charge on any atom is -0.407 e. The fraction of sp³-hybridized carbons (Fsp3) is 0.406. The molecule has 8 nitrogen and oxygen atoms in total. The maximum Gasteiger partial charge on any atom is 0.261 e. The molecular weight excluding hydrogens is 530 g/mol. The van der Waals surface area contributed by atoms with Crippen LogP contribution in [0.4, 0.5) is 0 Å². The van der Waals surface area contributed by atoms with E-state index in [1.807, 2.05) is 22.7 Å². The predicted molar refractivity (Wildman–Crippen MR) is 162 cm³/mol. The molecule has 9 heteroatoms. The molecule has 1 atom stereocenters. The third kappa shape index (κ3) is 4.98. The molecule has 1 saturated carbocycles. The zero-order valence-corrected chi connectivity index (χ0v) is 24.9. The lowest BCUT2D eigenvalue weighted by molar-refractivity contribution is -0.190. The monoisotopic (exact) mass is 567 g/mol. The highest BCUT2D eigenvalue weighted by molar-refractivity contribution is 6.99. The Labute approximate surface area is 241 Å². The number of benzene rings is 2. The summed E-state index contributed by atoms with van der Waals surface area (Å²) in [4.78, 5) is 7.66. The zero-order chi connectivity index (χ0) is 28.7. The Morgan fingerprint density at radius 3 is 2.24 bits per heavy atom. The van der Waals surface area contributed by atoms with Gasteiger partial charge in [0.2, 0.25) is 0 Å². The van der Waals surface area contributed by atoms with Crippen molar-refractivity contribution in [1.82, 2.24) is 9.38 Å². The van der Waals surface area contributed by atoms with Gasteiger partial charge in [-0.2, -0.15) is 0 Å². The van der Waals surface area contributed by atoms with Crippen molar-refractivity contribution in [3.05, 3.63) is 106 Å². The van der Waals surface area contributed by atoms with Gasteiger partial charge in [0, 0.05) is 29.5 Å². The van der Waals surface area contributed by atoms with E-state index in [-0.39, 0.29) is 11.6 Å². The minimum atomic E-state index is -2.81. The molecule has 6 rings (SSSR count). The molecule has 1 saturated heterocycles. The van der Waals surface area contributed by atoms with E-state index in [1.165, 1.54) is 15.9 Å². The van der Waals surface area contributed by atoms with Crippen LogP contribution >= 0.6 is 0 Å². The van der Waals surface area contributed by atoms with Crippen LogP contribution in [0.3, 0.4) is 0 Å². The summed E-state index contributed by atoms with van der Waals surface area (Å²) in [6, 6.07) is 23.3. The number of aliphatic hydroxyl groups is 1. The molecule has 212 valence electrons. The normalized spacial score (nSPS) is 17.6.